The normalized spacial score (nSPS) is 11.6. The molecule has 0 saturated heterocycles. The van der Waals surface area contributed by atoms with Crippen molar-refractivity contribution in [2.24, 2.45) is 0 Å². The molecule has 0 fully saturated rings. The highest BCUT2D eigenvalue weighted by atomic mass is 16.3. The Morgan fingerprint density at radius 1 is 0.606 bits per heavy atom. The fourth-order valence-electron chi connectivity index (χ4n) is 4.69. The number of fused-ring (bicyclic) bond motifs is 5. The molecule has 5 heteroatoms. The summed E-state index contributed by atoms with van der Waals surface area (Å²) in [6.07, 6.45) is 1.74. The van der Waals surface area contributed by atoms with Crippen LogP contribution in [0.1, 0.15) is 0 Å². The summed E-state index contributed by atoms with van der Waals surface area (Å²) in [4.78, 5) is 0. The number of nitrogens with zero attached hydrogens (tertiary/aromatic N) is 4. The molecule has 0 spiro atoms. The minimum Gasteiger partial charge on any atom is -0.462 e. The van der Waals surface area contributed by atoms with E-state index in [2.05, 4.69) is 74.9 Å². The highest BCUT2D eigenvalue weighted by Gasteiger charge is 2.23. The standard InChI is InChI=1S/C28H18N4O/c1-3-9-20(10-4-1)27-29-30-28(31(27)21-11-5-2-6-12-21)32-24-14-8-7-13-22(24)23-16-15-19-17-18-33-26(19)25(23)32/h1-18H. The quantitative estimate of drug-likeness (QED) is 0.313. The molecular formula is C28H18N4O. The summed E-state index contributed by atoms with van der Waals surface area (Å²) in [6.45, 7) is 0. The summed E-state index contributed by atoms with van der Waals surface area (Å²) >= 11 is 0. The van der Waals surface area contributed by atoms with Crippen LogP contribution in [0.3, 0.4) is 0 Å². The molecule has 0 aliphatic rings. The summed E-state index contributed by atoms with van der Waals surface area (Å²) in [5.74, 6) is 1.50. The third kappa shape index (κ3) is 2.59. The van der Waals surface area contributed by atoms with Crippen LogP contribution in [-0.4, -0.2) is 19.3 Å². The topological polar surface area (TPSA) is 48.8 Å². The largest absolute Gasteiger partial charge is 0.462 e. The van der Waals surface area contributed by atoms with Gasteiger partial charge in [0.1, 0.15) is 5.52 Å². The zero-order valence-corrected chi connectivity index (χ0v) is 17.6. The van der Waals surface area contributed by atoms with Gasteiger partial charge in [-0.25, -0.2) is 0 Å². The van der Waals surface area contributed by atoms with Crippen LogP contribution < -0.4 is 0 Å². The van der Waals surface area contributed by atoms with Crippen LogP contribution in [0.25, 0.3) is 55.8 Å². The Balaban J connectivity index is 1.66. The van der Waals surface area contributed by atoms with Crippen LogP contribution in [0.4, 0.5) is 0 Å². The van der Waals surface area contributed by atoms with Crippen molar-refractivity contribution in [1.29, 1.82) is 0 Å². The van der Waals surface area contributed by atoms with E-state index < -0.39 is 0 Å². The predicted molar refractivity (Wildman–Crippen MR) is 131 cm³/mol. The summed E-state index contributed by atoms with van der Waals surface area (Å²) < 4.78 is 10.3. The molecule has 0 saturated carbocycles. The van der Waals surface area contributed by atoms with Crippen LogP contribution in [-0.2, 0) is 0 Å². The first-order valence-electron chi connectivity index (χ1n) is 10.9. The maximum absolute atomic E-state index is 5.98. The molecule has 0 N–H and O–H groups in total. The zero-order valence-electron chi connectivity index (χ0n) is 17.6. The number of furan rings is 1. The lowest BCUT2D eigenvalue weighted by molar-refractivity contribution is 0.617. The Hall–Kier alpha value is -4.64. The Morgan fingerprint density at radius 3 is 2.21 bits per heavy atom. The van der Waals surface area contributed by atoms with Gasteiger partial charge in [0.05, 0.1) is 17.5 Å². The number of para-hydroxylation sites is 2. The molecule has 3 heterocycles. The number of aromatic nitrogens is 4. The van der Waals surface area contributed by atoms with Crippen molar-refractivity contribution in [2.75, 3.05) is 0 Å². The van der Waals surface area contributed by atoms with Gasteiger partial charge in [-0.15, -0.1) is 10.2 Å². The van der Waals surface area contributed by atoms with E-state index in [4.69, 9.17) is 9.52 Å². The highest BCUT2D eigenvalue weighted by molar-refractivity contribution is 6.16. The van der Waals surface area contributed by atoms with Crippen LogP contribution in [0.5, 0.6) is 0 Å². The maximum Gasteiger partial charge on any atom is 0.241 e. The Kier molecular flexibility index (Phi) is 3.78. The second kappa shape index (κ2) is 6.93. The number of hydrogen-bond donors (Lipinski definition) is 0. The molecule has 156 valence electrons. The molecule has 3 aromatic heterocycles. The zero-order chi connectivity index (χ0) is 21.8. The van der Waals surface area contributed by atoms with Gasteiger partial charge < -0.3 is 4.42 Å². The average molecular weight is 426 g/mol. The third-order valence-electron chi connectivity index (χ3n) is 6.15. The maximum atomic E-state index is 5.98. The molecule has 0 aliphatic heterocycles. The second-order valence-corrected chi connectivity index (χ2v) is 8.01. The van der Waals surface area contributed by atoms with E-state index >= 15 is 0 Å². The fourth-order valence-corrected chi connectivity index (χ4v) is 4.69. The molecule has 0 bridgehead atoms. The lowest BCUT2D eigenvalue weighted by atomic mass is 10.1. The highest BCUT2D eigenvalue weighted by Crippen LogP contribution is 2.37. The van der Waals surface area contributed by atoms with Crippen LogP contribution in [0, 0.1) is 0 Å². The first-order chi connectivity index (χ1) is 16.4. The molecule has 5 nitrogen and oxygen atoms in total. The Bertz CT molecular complexity index is 1760. The molecule has 0 aliphatic carbocycles. The van der Waals surface area contributed by atoms with Gasteiger partial charge in [-0.2, -0.15) is 0 Å². The molecule has 0 amide bonds. The SMILES string of the molecule is c1ccc(-c2nnc(-n3c4ccccc4c4ccc5ccoc5c43)n2-c2ccccc2)cc1. The molecule has 0 atom stereocenters. The molecule has 0 radical (unpaired) electrons. The lowest BCUT2D eigenvalue weighted by Gasteiger charge is -2.13. The van der Waals surface area contributed by atoms with E-state index in [0.717, 1.165) is 55.8 Å². The smallest absolute Gasteiger partial charge is 0.241 e. The van der Waals surface area contributed by atoms with E-state index in [1.165, 1.54) is 0 Å². The van der Waals surface area contributed by atoms with Crippen molar-refractivity contribution < 1.29 is 4.42 Å². The monoisotopic (exact) mass is 426 g/mol. The first-order valence-corrected chi connectivity index (χ1v) is 10.9. The van der Waals surface area contributed by atoms with Gasteiger partial charge in [0.2, 0.25) is 5.95 Å². The van der Waals surface area contributed by atoms with E-state index in [0.29, 0.717) is 0 Å². The third-order valence-corrected chi connectivity index (χ3v) is 6.15. The average Bonchev–Trinajstić information content (AvgIpc) is 3.60. The van der Waals surface area contributed by atoms with Crippen molar-refractivity contribution in [3.63, 3.8) is 0 Å². The second-order valence-electron chi connectivity index (χ2n) is 8.01. The molecule has 33 heavy (non-hydrogen) atoms. The van der Waals surface area contributed by atoms with E-state index in [-0.39, 0.29) is 0 Å². The van der Waals surface area contributed by atoms with Gasteiger partial charge >= 0.3 is 0 Å². The number of hydrogen-bond acceptors (Lipinski definition) is 3. The first kappa shape index (κ1) is 18.0. The van der Waals surface area contributed by atoms with Crippen LogP contribution in [0.2, 0.25) is 0 Å². The van der Waals surface area contributed by atoms with Gasteiger partial charge in [-0.1, -0.05) is 78.9 Å². The summed E-state index contributed by atoms with van der Waals surface area (Å²) in [5.41, 5.74) is 4.88. The van der Waals surface area contributed by atoms with E-state index in [1.807, 2.05) is 42.5 Å². The van der Waals surface area contributed by atoms with Gasteiger partial charge in [0.15, 0.2) is 11.4 Å². The van der Waals surface area contributed by atoms with Crippen molar-refractivity contribution in [2.45, 2.75) is 0 Å². The van der Waals surface area contributed by atoms with Gasteiger partial charge in [0, 0.05) is 21.7 Å². The van der Waals surface area contributed by atoms with Gasteiger partial charge in [0.25, 0.3) is 0 Å². The van der Waals surface area contributed by atoms with E-state index in [1.54, 1.807) is 6.26 Å². The fraction of sp³-hybridized carbons (Fsp3) is 0. The summed E-state index contributed by atoms with van der Waals surface area (Å²) in [7, 11) is 0. The molecule has 0 unspecified atom stereocenters. The Labute approximate surface area is 189 Å². The summed E-state index contributed by atoms with van der Waals surface area (Å²) in [6, 6.07) is 35.0. The van der Waals surface area contributed by atoms with Gasteiger partial charge in [-0.3, -0.25) is 9.13 Å². The predicted octanol–water partition coefficient (Wildman–Crippen LogP) is 6.78. The minimum absolute atomic E-state index is 0.718. The van der Waals surface area contributed by atoms with Crippen molar-refractivity contribution >= 4 is 32.8 Å². The van der Waals surface area contributed by atoms with Crippen LogP contribution >= 0.6 is 0 Å². The van der Waals surface area contributed by atoms with Crippen molar-refractivity contribution in [1.82, 2.24) is 19.3 Å². The van der Waals surface area contributed by atoms with Gasteiger partial charge in [-0.05, 0) is 24.3 Å². The minimum atomic E-state index is 0.718. The molecular weight excluding hydrogens is 408 g/mol. The molecule has 4 aromatic carbocycles. The Morgan fingerprint density at radius 2 is 1.36 bits per heavy atom. The van der Waals surface area contributed by atoms with E-state index in [9.17, 15) is 0 Å². The van der Waals surface area contributed by atoms with Crippen LogP contribution in [0.15, 0.2) is 114 Å². The molecule has 7 aromatic rings. The molecule has 7 rings (SSSR count). The summed E-state index contributed by atoms with van der Waals surface area (Å²) in [5, 5.41) is 12.7. The lowest BCUT2D eigenvalue weighted by Crippen LogP contribution is -2.06. The number of benzene rings is 4. The van der Waals surface area contributed by atoms with Crippen molar-refractivity contribution in [3.05, 3.63) is 109 Å². The number of rotatable bonds is 3. The van der Waals surface area contributed by atoms with Crippen molar-refractivity contribution in [3.8, 4) is 23.0 Å².